The Morgan fingerprint density at radius 3 is 2.15 bits per heavy atom. The number of carbonyl (C=O) groups excluding carboxylic acids is 1. The van der Waals surface area contributed by atoms with Crippen molar-refractivity contribution in [1.82, 2.24) is 0 Å². The lowest BCUT2D eigenvalue weighted by atomic mass is 9.78. The Balaban J connectivity index is 1.72. The molecule has 1 N–H and O–H groups in total. The van der Waals surface area contributed by atoms with Crippen LogP contribution in [0.3, 0.4) is 0 Å². The van der Waals surface area contributed by atoms with Gasteiger partial charge in [-0.2, -0.15) is 0 Å². The fourth-order valence-electron chi connectivity index (χ4n) is 5.23. The maximum atomic E-state index is 13.4. The van der Waals surface area contributed by atoms with Gasteiger partial charge in [-0.15, -0.1) is 11.8 Å². The Hall–Kier alpha value is -2.00. The molecule has 1 saturated carbocycles. The van der Waals surface area contributed by atoms with Crippen LogP contribution < -0.4 is 0 Å². The van der Waals surface area contributed by atoms with Crippen molar-refractivity contribution in [3.63, 3.8) is 0 Å². The predicted octanol–water partition coefficient (Wildman–Crippen LogP) is 8.43. The van der Waals surface area contributed by atoms with E-state index in [0.29, 0.717) is 11.7 Å². The van der Waals surface area contributed by atoms with E-state index in [2.05, 4.69) is 58.2 Å². The van der Waals surface area contributed by atoms with Gasteiger partial charge in [-0.05, 0) is 105 Å². The van der Waals surface area contributed by atoms with E-state index >= 15 is 0 Å². The first kappa shape index (κ1) is 25.6. The monoisotopic (exact) mass is 464 g/mol. The Bertz CT molecular complexity index is 958. The van der Waals surface area contributed by atoms with Crippen LogP contribution in [0.4, 0.5) is 0 Å². The van der Waals surface area contributed by atoms with E-state index in [0.717, 1.165) is 50.5 Å². The van der Waals surface area contributed by atoms with Crippen molar-refractivity contribution in [2.24, 2.45) is 11.8 Å². The molecule has 2 unspecified atom stereocenters. The highest BCUT2D eigenvalue weighted by Gasteiger charge is 2.27. The molecule has 0 amide bonds. The first-order valence-corrected chi connectivity index (χ1v) is 13.8. The third-order valence-electron chi connectivity index (χ3n) is 7.48. The summed E-state index contributed by atoms with van der Waals surface area (Å²) in [5, 5.41) is 10.3. The lowest BCUT2D eigenvalue weighted by molar-refractivity contribution is 0.0863. The summed E-state index contributed by atoms with van der Waals surface area (Å²) in [5.41, 5.74) is 7.38. The van der Waals surface area contributed by atoms with Crippen molar-refractivity contribution >= 4 is 17.5 Å². The van der Waals surface area contributed by atoms with Crippen molar-refractivity contribution in [1.29, 1.82) is 0 Å². The molecule has 33 heavy (non-hydrogen) atoms. The van der Waals surface area contributed by atoms with Gasteiger partial charge < -0.3 is 5.11 Å². The standard InChI is InChI=1S/C30H40O2S/c1-6-23(27(7-2)30(32)25-11-13-26(33-5)14-12-25)19-22-17-20(3)28(21(4)18-22)15-16-29(31)24-9-8-10-24/h11-14,17-18,23,27,31H,6-10,15-16,19H2,1-5H3. The average Bonchev–Trinajstić information content (AvgIpc) is 2.77. The minimum absolute atomic E-state index is 0.0430. The molecule has 2 nitrogen and oxygen atoms in total. The maximum Gasteiger partial charge on any atom is 0.166 e. The van der Waals surface area contributed by atoms with E-state index in [9.17, 15) is 9.90 Å². The van der Waals surface area contributed by atoms with Crippen LogP contribution in [0, 0.1) is 25.7 Å². The number of ketones is 1. The number of Topliss-reactive ketones (excluding diaryl/α,β-unsaturated/α-hetero) is 1. The Morgan fingerprint density at radius 1 is 1.03 bits per heavy atom. The van der Waals surface area contributed by atoms with E-state index in [-0.39, 0.29) is 11.7 Å². The molecule has 0 radical (unpaired) electrons. The van der Waals surface area contributed by atoms with Gasteiger partial charge in [0.15, 0.2) is 5.78 Å². The van der Waals surface area contributed by atoms with Crippen molar-refractivity contribution in [3.8, 4) is 0 Å². The molecule has 0 aliphatic heterocycles. The summed E-state index contributed by atoms with van der Waals surface area (Å²) in [6.07, 6.45) is 9.85. The fraction of sp³-hybridized carbons (Fsp3) is 0.500. The fourth-order valence-corrected chi connectivity index (χ4v) is 5.64. The number of aryl methyl sites for hydroxylation is 2. The molecule has 0 bridgehead atoms. The molecule has 0 heterocycles. The van der Waals surface area contributed by atoms with Crippen molar-refractivity contribution in [2.75, 3.05) is 6.26 Å². The highest BCUT2D eigenvalue weighted by Crippen LogP contribution is 2.32. The molecule has 1 aliphatic rings. The SMILES string of the molecule is CCC(Cc1cc(C)c(CCC(O)=C2CCC2)c(C)c1)C(CC)C(=O)c1ccc(SC)cc1. The number of aliphatic hydroxyl groups excluding tert-OH is 1. The summed E-state index contributed by atoms with van der Waals surface area (Å²) < 4.78 is 0. The van der Waals surface area contributed by atoms with Crippen LogP contribution >= 0.6 is 11.8 Å². The normalized spacial score (nSPS) is 15.1. The van der Waals surface area contributed by atoms with E-state index in [1.807, 2.05) is 12.1 Å². The van der Waals surface area contributed by atoms with Gasteiger partial charge in [0.05, 0.1) is 5.76 Å². The van der Waals surface area contributed by atoms with Gasteiger partial charge in [0.25, 0.3) is 0 Å². The second-order valence-electron chi connectivity index (χ2n) is 9.59. The second-order valence-corrected chi connectivity index (χ2v) is 10.5. The first-order valence-electron chi connectivity index (χ1n) is 12.5. The summed E-state index contributed by atoms with van der Waals surface area (Å²) in [6.45, 7) is 8.73. The lowest BCUT2D eigenvalue weighted by Crippen LogP contribution is -2.25. The molecule has 1 fully saturated rings. The largest absolute Gasteiger partial charge is 0.512 e. The summed E-state index contributed by atoms with van der Waals surface area (Å²) >= 11 is 1.70. The first-order chi connectivity index (χ1) is 15.9. The molecule has 3 heteroatoms. The summed E-state index contributed by atoms with van der Waals surface area (Å²) in [6, 6.07) is 12.7. The zero-order chi connectivity index (χ0) is 24.0. The molecule has 1 aliphatic carbocycles. The van der Waals surface area contributed by atoms with Crippen LogP contribution in [0.25, 0.3) is 0 Å². The number of thioether (sulfide) groups is 1. The summed E-state index contributed by atoms with van der Waals surface area (Å²) in [4.78, 5) is 14.5. The van der Waals surface area contributed by atoms with Crippen LogP contribution in [-0.4, -0.2) is 17.1 Å². The van der Waals surface area contributed by atoms with Crippen LogP contribution in [0.15, 0.2) is 52.6 Å². The number of benzene rings is 2. The van der Waals surface area contributed by atoms with Gasteiger partial charge in [-0.1, -0.05) is 44.5 Å². The van der Waals surface area contributed by atoms with E-state index < -0.39 is 0 Å². The van der Waals surface area contributed by atoms with Crippen LogP contribution in [-0.2, 0) is 12.8 Å². The van der Waals surface area contributed by atoms with Crippen molar-refractivity contribution < 1.29 is 9.90 Å². The lowest BCUT2D eigenvalue weighted by Gasteiger charge is -2.25. The van der Waals surface area contributed by atoms with Crippen LogP contribution in [0.1, 0.15) is 85.0 Å². The summed E-state index contributed by atoms with van der Waals surface area (Å²) in [7, 11) is 0. The number of hydrogen-bond donors (Lipinski definition) is 1. The molecular formula is C30H40O2S. The Labute approximate surface area is 204 Å². The number of aliphatic hydroxyl groups is 1. The number of rotatable bonds is 11. The molecule has 0 aromatic heterocycles. The van der Waals surface area contributed by atoms with Crippen LogP contribution in [0.5, 0.6) is 0 Å². The smallest absolute Gasteiger partial charge is 0.166 e. The number of allylic oxidation sites excluding steroid dienone is 2. The maximum absolute atomic E-state index is 13.4. The Kier molecular flexibility index (Phi) is 9.26. The topological polar surface area (TPSA) is 37.3 Å². The van der Waals surface area contributed by atoms with Gasteiger partial charge in [0.2, 0.25) is 0 Å². The minimum Gasteiger partial charge on any atom is -0.512 e. The predicted molar refractivity (Wildman–Crippen MR) is 142 cm³/mol. The molecule has 178 valence electrons. The van der Waals surface area contributed by atoms with Gasteiger partial charge in [0, 0.05) is 22.8 Å². The highest BCUT2D eigenvalue weighted by atomic mass is 32.2. The minimum atomic E-state index is 0.0430. The zero-order valence-electron chi connectivity index (χ0n) is 21.0. The van der Waals surface area contributed by atoms with E-state index in [1.165, 1.54) is 39.1 Å². The molecular weight excluding hydrogens is 424 g/mol. The molecule has 3 rings (SSSR count). The van der Waals surface area contributed by atoms with Crippen LogP contribution in [0.2, 0.25) is 0 Å². The molecule has 0 spiro atoms. The average molecular weight is 465 g/mol. The second kappa shape index (κ2) is 11.9. The van der Waals surface area contributed by atoms with Gasteiger partial charge in [-0.25, -0.2) is 0 Å². The van der Waals surface area contributed by atoms with Gasteiger partial charge in [-0.3, -0.25) is 4.79 Å². The molecule has 2 aromatic carbocycles. The molecule has 2 atom stereocenters. The van der Waals surface area contributed by atoms with E-state index in [1.54, 1.807) is 11.8 Å². The zero-order valence-corrected chi connectivity index (χ0v) is 21.9. The van der Waals surface area contributed by atoms with Crippen molar-refractivity contribution in [2.45, 2.75) is 84.0 Å². The molecule has 2 aromatic rings. The van der Waals surface area contributed by atoms with Crippen molar-refractivity contribution in [3.05, 3.63) is 75.5 Å². The Morgan fingerprint density at radius 2 is 1.67 bits per heavy atom. The highest BCUT2D eigenvalue weighted by molar-refractivity contribution is 7.98. The number of hydrogen-bond acceptors (Lipinski definition) is 3. The van der Waals surface area contributed by atoms with E-state index in [4.69, 9.17) is 0 Å². The molecule has 0 saturated heterocycles. The third kappa shape index (κ3) is 6.32. The quantitative estimate of drug-likeness (QED) is 0.206. The third-order valence-corrected chi connectivity index (χ3v) is 8.22. The number of carbonyl (C=O) groups is 1. The van der Waals surface area contributed by atoms with Gasteiger partial charge >= 0.3 is 0 Å². The summed E-state index contributed by atoms with van der Waals surface area (Å²) in [5.74, 6) is 1.27. The van der Waals surface area contributed by atoms with Gasteiger partial charge in [0.1, 0.15) is 0 Å².